The fourth-order valence-electron chi connectivity index (χ4n) is 3.14. The largest absolute Gasteiger partial charge is 0.439 e. The number of benzene rings is 2. The maximum atomic E-state index is 12.3. The number of nitrogens with one attached hydrogen (secondary N) is 3. The lowest BCUT2D eigenvalue weighted by Crippen LogP contribution is -2.12. The lowest BCUT2D eigenvalue weighted by Gasteiger charge is -2.06. The minimum Gasteiger partial charge on any atom is -0.361 e. The van der Waals surface area contributed by atoms with Gasteiger partial charge in [0.25, 0.3) is 0 Å². The molecule has 0 atom stereocenters. The Morgan fingerprint density at radius 1 is 1.22 bits per heavy atom. The molecule has 0 aliphatic heterocycles. The van der Waals surface area contributed by atoms with E-state index in [1.807, 2.05) is 12.3 Å². The summed E-state index contributed by atoms with van der Waals surface area (Å²) in [6.45, 7) is 2.06. The van der Waals surface area contributed by atoms with E-state index in [1.165, 1.54) is 5.56 Å². The molecule has 1 amide bonds. The van der Waals surface area contributed by atoms with Crippen molar-refractivity contribution in [2.24, 2.45) is 0 Å². The molecule has 3 N–H and O–H groups in total. The van der Waals surface area contributed by atoms with Gasteiger partial charge in [-0.2, -0.15) is 0 Å². The molecule has 0 saturated carbocycles. The van der Waals surface area contributed by atoms with Gasteiger partial charge in [0.1, 0.15) is 0 Å². The fraction of sp³-hybridized carbons (Fsp3) is 0.150. The van der Waals surface area contributed by atoms with Crippen LogP contribution in [0.2, 0.25) is 0 Å². The summed E-state index contributed by atoms with van der Waals surface area (Å²) in [5, 5.41) is 7.69. The van der Waals surface area contributed by atoms with Gasteiger partial charge in [-0.3, -0.25) is 14.3 Å². The first-order valence-corrected chi connectivity index (χ1v) is 8.62. The van der Waals surface area contributed by atoms with Crippen molar-refractivity contribution in [1.29, 1.82) is 0 Å². The summed E-state index contributed by atoms with van der Waals surface area (Å²) in [6.07, 6.45) is 2.98. The molecule has 0 unspecified atom stereocenters. The summed E-state index contributed by atoms with van der Waals surface area (Å²) >= 11 is 0. The minimum absolute atomic E-state index is 0.0807. The third kappa shape index (κ3) is 3.52. The quantitative estimate of drug-likeness (QED) is 0.506. The molecule has 7 heteroatoms. The van der Waals surface area contributed by atoms with Crippen molar-refractivity contribution in [3.8, 4) is 11.4 Å². The number of amides is 1. The van der Waals surface area contributed by atoms with Gasteiger partial charge in [0.2, 0.25) is 5.91 Å². The van der Waals surface area contributed by atoms with Crippen molar-refractivity contribution in [3.05, 3.63) is 70.3 Å². The van der Waals surface area contributed by atoms with Gasteiger partial charge < -0.3 is 10.3 Å². The Labute approximate surface area is 154 Å². The molecule has 2 aromatic heterocycles. The Bertz CT molecular complexity index is 1170. The van der Waals surface area contributed by atoms with Crippen molar-refractivity contribution < 1.29 is 9.32 Å². The van der Waals surface area contributed by atoms with Gasteiger partial charge in [0.15, 0.2) is 5.82 Å². The van der Waals surface area contributed by atoms with Gasteiger partial charge in [0, 0.05) is 34.8 Å². The average molecular weight is 362 g/mol. The standard InChI is InChI=1S/C20H18N4O3/c1-12-4-2-7-16-14(11-21-18(12)16)8-9-17(25)22-15-6-3-5-13(10-15)19-23-20(26)27-24-19/h2-7,10-11,21H,8-9H2,1H3,(H,22,25)(H,23,24,26). The molecule has 0 bridgehead atoms. The topological polar surface area (TPSA) is 104 Å². The Balaban J connectivity index is 1.43. The average Bonchev–Trinajstić information content (AvgIpc) is 3.27. The Morgan fingerprint density at radius 2 is 2.07 bits per heavy atom. The predicted octanol–water partition coefficient (Wildman–Crippen LogP) is 3.39. The van der Waals surface area contributed by atoms with Crippen LogP contribution < -0.4 is 11.1 Å². The highest BCUT2D eigenvalue weighted by Gasteiger charge is 2.10. The van der Waals surface area contributed by atoms with Gasteiger partial charge in [0.05, 0.1) is 0 Å². The maximum absolute atomic E-state index is 12.3. The molecule has 0 saturated heterocycles. The molecule has 0 radical (unpaired) electrons. The van der Waals surface area contributed by atoms with E-state index in [0.29, 0.717) is 29.9 Å². The first-order valence-electron chi connectivity index (χ1n) is 8.62. The number of aromatic amines is 2. The fourth-order valence-corrected chi connectivity index (χ4v) is 3.14. The molecule has 2 heterocycles. The number of fused-ring (bicyclic) bond motifs is 1. The van der Waals surface area contributed by atoms with Gasteiger partial charge in [-0.15, -0.1) is 0 Å². The van der Waals surface area contributed by atoms with Crippen LogP contribution in [0.4, 0.5) is 5.69 Å². The number of rotatable bonds is 5. The number of aromatic nitrogens is 3. The van der Waals surface area contributed by atoms with E-state index in [9.17, 15) is 9.59 Å². The Hall–Kier alpha value is -3.61. The van der Waals surface area contributed by atoms with Crippen LogP contribution in [0.3, 0.4) is 0 Å². The van der Waals surface area contributed by atoms with Crippen LogP contribution in [0, 0.1) is 6.92 Å². The van der Waals surface area contributed by atoms with Crippen molar-refractivity contribution in [2.75, 3.05) is 5.32 Å². The Kier molecular flexibility index (Phi) is 4.33. The highest BCUT2D eigenvalue weighted by molar-refractivity contribution is 5.92. The second-order valence-electron chi connectivity index (χ2n) is 6.38. The number of H-pyrrole nitrogens is 2. The first kappa shape index (κ1) is 16.8. The number of carbonyl (C=O) groups is 1. The van der Waals surface area contributed by atoms with Gasteiger partial charge >= 0.3 is 5.76 Å². The number of anilines is 1. The van der Waals surface area contributed by atoms with Gasteiger partial charge in [-0.05, 0) is 36.6 Å². The zero-order valence-corrected chi connectivity index (χ0v) is 14.7. The van der Waals surface area contributed by atoms with Crippen LogP contribution in [0.15, 0.2) is 58.0 Å². The molecule has 27 heavy (non-hydrogen) atoms. The zero-order valence-electron chi connectivity index (χ0n) is 14.7. The molecule has 7 nitrogen and oxygen atoms in total. The summed E-state index contributed by atoms with van der Waals surface area (Å²) in [5.74, 6) is -0.374. The van der Waals surface area contributed by atoms with E-state index in [0.717, 1.165) is 16.5 Å². The second-order valence-corrected chi connectivity index (χ2v) is 6.38. The number of para-hydroxylation sites is 1. The third-order valence-corrected chi connectivity index (χ3v) is 4.49. The molecule has 136 valence electrons. The van der Waals surface area contributed by atoms with Gasteiger partial charge in [-0.25, -0.2) is 4.79 Å². The monoisotopic (exact) mass is 362 g/mol. The van der Waals surface area contributed by atoms with Gasteiger partial charge in [-0.1, -0.05) is 35.5 Å². The van der Waals surface area contributed by atoms with Crippen molar-refractivity contribution in [3.63, 3.8) is 0 Å². The number of hydrogen-bond acceptors (Lipinski definition) is 4. The molecule has 4 rings (SSSR count). The number of nitrogens with zero attached hydrogens (tertiary/aromatic N) is 1. The van der Waals surface area contributed by atoms with Crippen LogP contribution in [0.1, 0.15) is 17.5 Å². The Morgan fingerprint density at radius 3 is 2.89 bits per heavy atom. The summed E-state index contributed by atoms with van der Waals surface area (Å²) in [7, 11) is 0. The van der Waals surface area contributed by atoms with Crippen LogP contribution in [0.5, 0.6) is 0 Å². The number of hydrogen-bond donors (Lipinski definition) is 3. The number of carbonyl (C=O) groups excluding carboxylic acids is 1. The van der Waals surface area contributed by atoms with E-state index in [2.05, 4.69) is 44.0 Å². The molecule has 0 aliphatic rings. The molecular weight excluding hydrogens is 344 g/mol. The lowest BCUT2D eigenvalue weighted by molar-refractivity contribution is -0.116. The lowest BCUT2D eigenvalue weighted by atomic mass is 10.1. The molecule has 4 aromatic rings. The summed E-state index contributed by atoms with van der Waals surface area (Å²) in [5.41, 5.74) is 4.72. The normalized spacial score (nSPS) is 11.0. The highest BCUT2D eigenvalue weighted by atomic mass is 16.5. The summed E-state index contributed by atoms with van der Waals surface area (Å²) in [6, 6.07) is 13.2. The highest BCUT2D eigenvalue weighted by Crippen LogP contribution is 2.23. The van der Waals surface area contributed by atoms with E-state index in [4.69, 9.17) is 0 Å². The van der Waals surface area contributed by atoms with Crippen LogP contribution >= 0.6 is 0 Å². The third-order valence-electron chi connectivity index (χ3n) is 4.49. The summed E-state index contributed by atoms with van der Waals surface area (Å²) < 4.78 is 4.51. The van der Waals surface area contributed by atoms with E-state index in [1.54, 1.807) is 24.3 Å². The smallest absolute Gasteiger partial charge is 0.361 e. The van der Waals surface area contributed by atoms with Crippen molar-refractivity contribution in [1.82, 2.24) is 15.1 Å². The second kappa shape index (κ2) is 6.95. The van der Waals surface area contributed by atoms with E-state index < -0.39 is 5.76 Å². The molecule has 0 fully saturated rings. The van der Waals surface area contributed by atoms with Crippen LogP contribution in [-0.4, -0.2) is 21.0 Å². The SMILES string of the molecule is Cc1cccc2c(CCC(=O)Nc3cccc(-c4noc(=O)[nH]4)c3)c[nH]c12. The van der Waals surface area contributed by atoms with E-state index in [-0.39, 0.29) is 5.91 Å². The predicted molar refractivity (Wildman–Crippen MR) is 103 cm³/mol. The van der Waals surface area contributed by atoms with Crippen molar-refractivity contribution >= 4 is 22.5 Å². The first-order chi connectivity index (χ1) is 13.1. The molecular formula is C20H18N4O3. The summed E-state index contributed by atoms with van der Waals surface area (Å²) in [4.78, 5) is 29.2. The van der Waals surface area contributed by atoms with Crippen LogP contribution in [0.25, 0.3) is 22.3 Å². The molecule has 2 aromatic carbocycles. The zero-order chi connectivity index (χ0) is 18.8. The van der Waals surface area contributed by atoms with Crippen LogP contribution in [-0.2, 0) is 11.2 Å². The molecule has 0 spiro atoms. The maximum Gasteiger partial charge on any atom is 0.439 e. The van der Waals surface area contributed by atoms with Crippen molar-refractivity contribution in [2.45, 2.75) is 19.8 Å². The number of aryl methyl sites for hydroxylation is 2. The van der Waals surface area contributed by atoms with E-state index >= 15 is 0 Å². The minimum atomic E-state index is -0.617. The molecule has 0 aliphatic carbocycles.